The number of benzene rings is 1. The molecule has 0 amide bonds. The molecule has 0 N–H and O–H groups in total. The third-order valence-corrected chi connectivity index (χ3v) is 2.91. The summed E-state index contributed by atoms with van der Waals surface area (Å²) in [5.74, 6) is 1.68. The topological polar surface area (TPSA) is 0 Å². The largest absolute Gasteiger partial charge is 0.0628 e. The predicted molar refractivity (Wildman–Crippen MR) is 68.0 cm³/mol. The van der Waals surface area contributed by atoms with E-state index in [1.807, 2.05) is 0 Å². The van der Waals surface area contributed by atoms with E-state index in [0.717, 1.165) is 11.8 Å². The van der Waals surface area contributed by atoms with Gasteiger partial charge in [-0.05, 0) is 23.8 Å². The minimum atomic E-state index is 0.825. The summed E-state index contributed by atoms with van der Waals surface area (Å²) in [5, 5.41) is 0. The van der Waals surface area contributed by atoms with Gasteiger partial charge in [0.05, 0.1) is 0 Å². The first-order valence-electron chi connectivity index (χ1n) is 6.22. The van der Waals surface area contributed by atoms with Crippen LogP contribution in [0.5, 0.6) is 0 Å². The Bertz CT molecular complexity index is 248. The highest BCUT2D eigenvalue weighted by atomic mass is 14.1. The lowest BCUT2D eigenvalue weighted by molar-refractivity contribution is 0.456. The zero-order valence-corrected chi connectivity index (χ0v) is 10.4. The maximum absolute atomic E-state index is 2.37. The Morgan fingerprint density at radius 2 is 1.60 bits per heavy atom. The fourth-order valence-corrected chi connectivity index (χ4v) is 1.99. The minimum absolute atomic E-state index is 0.825. The minimum Gasteiger partial charge on any atom is -0.0628 e. The fraction of sp³-hybridized carbons (Fsp3) is 0.600. The quantitative estimate of drug-likeness (QED) is 0.630. The van der Waals surface area contributed by atoms with Crippen molar-refractivity contribution in [3.05, 3.63) is 35.9 Å². The molecule has 1 rings (SSSR count). The second kappa shape index (κ2) is 6.66. The van der Waals surface area contributed by atoms with Crippen LogP contribution in [0.25, 0.3) is 0 Å². The first-order chi connectivity index (χ1) is 7.18. The molecule has 0 saturated heterocycles. The van der Waals surface area contributed by atoms with Crippen LogP contribution >= 0.6 is 0 Å². The highest BCUT2D eigenvalue weighted by molar-refractivity contribution is 5.14. The maximum atomic E-state index is 2.37. The van der Waals surface area contributed by atoms with Crippen LogP contribution in [-0.2, 0) is 6.42 Å². The van der Waals surface area contributed by atoms with Crippen LogP contribution in [0.4, 0.5) is 0 Å². The Morgan fingerprint density at radius 1 is 0.933 bits per heavy atom. The van der Waals surface area contributed by atoms with E-state index in [1.165, 1.54) is 31.2 Å². The zero-order chi connectivity index (χ0) is 11.1. The Morgan fingerprint density at radius 3 is 2.20 bits per heavy atom. The van der Waals surface area contributed by atoms with Crippen molar-refractivity contribution in [2.45, 2.75) is 46.5 Å². The van der Waals surface area contributed by atoms with Gasteiger partial charge in [0.1, 0.15) is 0 Å². The molecule has 0 heterocycles. The van der Waals surface area contributed by atoms with Crippen LogP contribution in [0.1, 0.15) is 45.6 Å². The van der Waals surface area contributed by atoms with Crippen LogP contribution in [0.2, 0.25) is 0 Å². The molecule has 0 aliphatic rings. The molecule has 0 saturated carbocycles. The molecule has 0 aliphatic carbocycles. The van der Waals surface area contributed by atoms with E-state index in [2.05, 4.69) is 51.1 Å². The molecular formula is C15H24. The summed E-state index contributed by atoms with van der Waals surface area (Å²) in [7, 11) is 0. The molecule has 1 aromatic rings. The van der Waals surface area contributed by atoms with Crippen molar-refractivity contribution < 1.29 is 0 Å². The van der Waals surface area contributed by atoms with E-state index in [0.29, 0.717) is 0 Å². The molecule has 0 bridgehead atoms. The van der Waals surface area contributed by atoms with Gasteiger partial charge in [0.15, 0.2) is 0 Å². The first kappa shape index (κ1) is 12.3. The van der Waals surface area contributed by atoms with Gasteiger partial charge in [0.2, 0.25) is 0 Å². The third kappa shape index (κ3) is 5.61. The maximum Gasteiger partial charge on any atom is -0.0253 e. The van der Waals surface area contributed by atoms with Gasteiger partial charge in [-0.2, -0.15) is 0 Å². The number of hydrogen-bond acceptors (Lipinski definition) is 0. The van der Waals surface area contributed by atoms with Gasteiger partial charge in [-0.25, -0.2) is 0 Å². The zero-order valence-electron chi connectivity index (χ0n) is 10.4. The second-order valence-electron chi connectivity index (χ2n) is 5.12. The molecule has 0 radical (unpaired) electrons. The van der Waals surface area contributed by atoms with E-state index in [4.69, 9.17) is 0 Å². The second-order valence-corrected chi connectivity index (χ2v) is 5.12. The Labute approximate surface area is 94.7 Å². The van der Waals surface area contributed by atoms with Crippen molar-refractivity contribution >= 4 is 0 Å². The lowest BCUT2D eigenvalue weighted by Gasteiger charge is -2.12. The summed E-state index contributed by atoms with van der Waals surface area (Å²) >= 11 is 0. The monoisotopic (exact) mass is 204 g/mol. The number of hydrogen-bond donors (Lipinski definition) is 0. The van der Waals surface area contributed by atoms with Crippen LogP contribution in [-0.4, -0.2) is 0 Å². The van der Waals surface area contributed by atoms with E-state index < -0.39 is 0 Å². The first-order valence-corrected chi connectivity index (χ1v) is 6.22. The van der Waals surface area contributed by atoms with Gasteiger partial charge in [0.25, 0.3) is 0 Å². The van der Waals surface area contributed by atoms with Crippen molar-refractivity contribution in [3.8, 4) is 0 Å². The summed E-state index contributed by atoms with van der Waals surface area (Å²) in [6.45, 7) is 6.98. The highest BCUT2D eigenvalue weighted by Crippen LogP contribution is 2.16. The third-order valence-electron chi connectivity index (χ3n) is 2.91. The lowest BCUT2D eigenvalue weighted by Crippen LogP contribution is -2.00. The molecule has 1 aromatic carbocycles. The Balaban J connectivity index is 2.21. The Kier molecular flexibility index (Phi) is 5.45. The normalized spacial score (nSPS) is 13.1. The lowest BCUT2D eigenvalue weighted by atomic mass is 9.94. The average Bonchev–Trinajstić information content (AvgIpc) is 2.18. The summed E-state index contributed by atoms with van der Waals surface area (Å²) in [4.78, 5) is 0. The van der Waals surface area contributed by atoms with Crippen LogP contribution in [0.3, 0.4) is 0 Å². The van der Waals surface area contributed by atoms with Crippen molar-refractivity contribution in [2.24, 2.45) is 11.8 Å². The molecular weight excluding hydrogens is 180 g/mol. The van der Waals surface area contributed by atoms with E-state index in [-0.39, 0.29) is 0 Å². The van der Waals surface area contributed by atoms with Crippen LogP contribution < -0.4 is 0 Å². The summed E-state index contributed by atoms with van der Waals surface area (Å²) in [6, 6.07) is 10.8. The molecule has 0 aliphatic heterocycles. The van der Waals surface area contributed by atoms with E-state index in [9.17, 15) is 0 Å². The summed E-state index contributed by atoms with van der Waals surface area (Å²) in [5.41, 5.74) is 1.48. The van der Waals surface area contributed by atoms with E-state index in [1.54, 1.807) is 0 Å². The highest BCUT2D eigenvalue weighted by Gasteiger charge is 2.03. The molecule has 0 fully saturated rings. The summed E-state index contributed by atoms with van der Waals surface area (Å²) in [6.07, 6.45) is 5.36. The molecule has 0 aromatic heterocycles. The molecule has 1 atom stereocenters. The van der Waals surface area contributed by atoms with Gasteiger partial charge in [-0.1, -0.05) is 70.4 Å². The Hall–Kier alpha value is -0.780. The molecule has 1 unspecified atom stereocenters. The van der Waals surface area contributed by atoms with Crippen molar-refractivity contribution in [2.75, 3.05) is 0 Å². The average molecular weight is 204 g/mol. The van der Waals surface area contributed by atoms with Crippen molar-refractivity contribution in [1.29, 1.82) is 0 Å². The smallest absolute Gasteiger partial charge is 0.0253 e. The van der Waals surface area contributed by atoms with Gasteiger partial charge >= 0.3 is 0 Å². The van der Waals surface area contributed by atoms with Gasteiger partial charge in [-0.15, -0.1) is 0 Å². The SMILES string of the molecule is CC(C)CCCC(C)Cc1ccccc1. The van der Waals surface area contributed by atoms with Crippen LogP contribution in [0, 0.1) is 11.8 Å². The molecule has 84 valence electrons. The number of rotatable bonds is 6. The summed E-state index contributed by atoms with van der Waals surface area (Å²) < 4.78 is 0. The van der Waals surface area contributed by atoms with Crippen LogP contribution in [0.15, 0.2) is 30.3 Å². The molecule has 15 heavy (non-hydrogen) atoms. The van der Waals surface area contributed by atoms with Gasteiger partial charge < -0.3 is 0 Å². The predicted octanol–water partition coefficient (Wildman–Crippen LogP) is 4.69. The molecule has 0 heteroatoms. The fourth-order valence-electron chi connectivity index (χ4n) is 1.99. The standard InChI is InChI=1S/C15H24/c1-13(2)8-7-9-14(3)12-15-10-5-4-6-11-15/h4-6,10-11,13-14H,7-9,12H2,1-3H3. The van der Waals surface area contributed by atoms with Gasteiger partial charge in [-0.3, -0.25) is 0 Å². The van der Waals surface area contributed by atoms with Crippen molar-refractivity contribution in [3.63, 3.8) is 0 Å². The molecule has 0 spiro atoms. The van der Waals surface area contributed by atoms with E-state index >= 15 is 0 Å². The molecule has 0 nitrogen and oxygen atoms in total. The van der Waals surface area contributed by atoms with Crippen molar-refractivity contribution in [1.82, 2.24) is 0 Å². The van der Waals surface area contributed by atoms with Gasteiger partial charge in [0, 0.05) is 0 Å².